The van der Waals surface area contributed by atoms with Crippen LogP contribution in [0.25, 0.3) is 17.2 Å². The molecule has 35 heavy (non-hydrogen) atoms. The molecule has 1 saturated carbocycles. The molecule has 178 valence electrons. The maximum Gasteiger partial charge on any atom is 0.259 e. The number of carbonyl (C=O) groups excluding carboxylic acids is 1. The van der Waals surface area contributed by atoms with Gasteiger partial charge in [-0.3, -0.25) is 4.79 Å². The fourth-order valence-electron chi connectivity index (χ4n) is 4.33. The molecule has 6 rings (SSSR count). The van der Waals surface area contributed by atoms with Gasteiger partial charge in [-0.05, 0) is 49.6 Å². The highest BCUT2D eigenvalue weighted by molar-refractivity contribution is 6.04. The van der Waals surface area contributed by atoms with Gasteiger partial charge in [-0.15, -0.1) is 10.2 Å². The first kappa shape index (κ1) is 21.6. The van der Waals surface area contributed by atoms with Gasteiger partial charge in [0.25, 0.3) is 5.91 Å². The summed E-state index contributed by atoms with van der Waals surface area (Å²) in [4.78, 5) is 22.1. The molecule has 2 N–H and O–H groups in total. The Hall–Kier alpha value is -3.92. The summed E-state index contributed by atoms with van der Waals surface area (Å²) in [7, 11) is 0. The number of amides is 1. The molecule has 0 bridgehead atoms. The van der Waals surface area contributed by atoms with Gasteiger partial charge in [0.15, 0.2) is 5.82 Å². The lowest BCUT2D eigenvalue weighted by Gasteiger charge is -2.27. The maximum atomic E-state index is 14.8. The van der Waals surface area contributed by atoms with Gasteiger partial charge < -0.3 is 19.8 Å². The average molecular weight is 473 g/mol. The molecule has 2 fully saturated rings. The van der Waals surface area contributed by atoms with Gasteiger partial charge in [0, 0.05) is 37.7 Å². The first-order valence-corrected chi connectivity index (χ1v) is 11.8. The molecular formula is C25H25FN8O. The van der Waals surface area contributed by atoms with Crippen molar-refractivity contribution in [1.29, 1.82) is 0 Å². The molecule has 1 amide bonds. The second-order valence-corrected chi connectivity index (χ2v) is 9.29. The van der Waals surface area contributed by atoms with Crippen LogP contribution in [0.2, 0.25) is 0 Å². The van der Waals surface area contributed by atoms with Crippen LogP contribution >= 0.6 is 0 Å². The van der Waals surface area contributed by atoms with Crippen molar-refractivity contribution in [1.82, 2.24) is 34.6 Å². The van der Waals surface area contributed by atoms with Gasteiger partial charge in [-0.2, -0.15) is 0 Å². The van der Waals surface area contributed by atoms with E-state index in [0.717, 1.165) is 49.4 Å². The van der Waals surface area contributed by atoms with Crippen molar-refractivity contribution in [3.05, 3.63) is 71.8 Å². The lowest BCUT2D eigenvalue weighted by Crippen LogP contribution is -2.44. The van der Waals surface area contributed by atoms with Crippen molar-refractivity contribution < 1.29 is 9.18 Å². The molecule has 0 unspecified atom stereocenters. The smallest absolute Gasteiger partial charge is 0.259 e. The lowest BCUT2D eigenvalue weighted by atomic mass is 10.0. The molecule has 4 heterocycles. The number of aromatic nitrogens is 6. The average Bonchev–Trinajstić information content (AvgIpc) is 3.36. The summed E-state index contributed by atoms with van der Waals surface area (Å²) in [6.45, 7) is 4.54. The van der Waals surface area contributed by atoms with Crippen LogP contribution in [0.4, 0.5) is 10.2 Å². The minimum absolute atomic E-state index is 0.0554. The molecule has 1 aromatic carbocycles. The van der Waals surface area contributed by atoms with Crippen LogP contribution < -0.4 is 10.6 Å². The summed E-state index contributed by atoms with van der Waals surface area (Å²) < 4.78 is 18.6. The Bertz CT molecular complexity index is 1400. The zero-order chi connectivity index (χ0) is 23.9. The van der Waals surface area contributed by atoms with E-state index in [9.17, 15) is 9.18 Å². The van der Waals surface area contributed by atoms with Crippen molar-refractivity contribution >= 4 is 11.7 Å². The number of pyridine rings is 1. The Morgan fingerprint density at radius 2 is 2.09 bits per heavy atom. The van der Waals surface area contributed by atoms with Crippen LogP contribution in [-0.2, 0) is 6.54 Å². The molecule has 2 aliphatic rings. The fraction of sp³-hybridized carbons (Fsp3) is 0.320. The molecule has 1 aliphatic carbocycles. The summed E-state index contributed by atoms with van der Waals surface area (Å²) in [5, 5.41) is 14.2. The van der Waals surface area contributed by atoms with Crippen LogP contribution in [0.3, 0.4) is 0 Å². The molecule has 1 saturated heterocycles. The Morgan fingerprint density at radius 3 is 2.86 bits per heavy atom. The molecule has 10 heteroatoms. The van der Waals surface area contributed by atoms with Crippen molar-refractivity contribution in [2.75, 3.05) is 18.4 Å². The highest BCUT2D eigenvalue weighted by Crippen LogP contribution is 2.39. The molecule has 4 aromatic rings. The number of nitrogens with one attached hydrogen (secondary N) is 2. The number of carbonyl (C=O) groups is 1. The van der Waals surface area contributed by atoms with Gasteiger partial charge in [0.05, 0.1) is 23.3 Å². The van der Waals surface area contributed by atoms with Crippen LogP contribution in [0.1, 0.15) is 40.4 Å². The van der Waals surface area contributed by atoms with Gasteiger partial charge in [0.1, 0.15) is 23.7 Å². The first-order valence-electron chi connectivity index (χ1n) is 11.8. The Kier molecular flexibility index (Phi) is 5.37. The van der Waals surface area contributed by atoms with Crippen LogP contribution in [0.5, 0.6) is 0 Å². The van der Waals surface area contributed by atoms with E-state index in [-0.39, 0.29) is 5.56 Å². The number of hydrogen-bond donors (Lipinski definition) is 2. The van der Waals surface area contributed by atoms with E-state index in [0.29, 0.717) is 29.2 Å². The third-order valence-electron chi connectivity index (χ3n) is 6.56. The monoisotopic (exact) mass is 472 g/mol. The molecule has 1 aliphatic heterocycles. The van der Waals surface area contributed by atoms with Crippen LogP contribution in [0.15, 0.2) is 49.2 Å². The number of anilines is 1. The first-order chi connectivity index (χ1) is 17.0. The largest absolute Gasteiger partial charge is 0.316 e. The van der Waals surface area contributed by atoms with E-state index in [2.05, 4.69) is 30.8 Å². The molecule has 9 nitrogen and oxygen atoms in total. The SMILES string of the molecule is Cc1cc(F)c(C(=O)Nc2cccc(-c3nncn3CC3CNC3)n2)cc1-n1cnc(C2CC2)c1. The summed E-state index contributed by atoms with van der Waals surface area (Å²) in [5.41, 5.74) is 3.00. The predicted molar refractivity (Wildman–Crippen MR) is 128 cm³/mol. The van der Waals surface area contributed by atoms with E-state index in [1.807, 2.05) is 28.3 Å². The van der Waals surface area contributed by atoms with Crippen molar-refractivity contribution in [2.24, 2.45) is 5.92 Å². The zero-order valence-electron chi connectivity index (χ0n) is 19.3. The maximum absolute atomic E-state index is 14.8. The van der Waals surface area contributed by atoms with Crippen LogP contribution in [-0.4, -0.2) is 48.3 Å². The number of nitrogens with zero attached hydrogens (tertiary/aromatic N) is 6. The van der Waals surface area contributed by atoms with E-state index < -0.39 is 11.7 Å². The third kappa shape index (κ3) is 4.32. The molecule has 0 atom stereocenters. The summed E-state index contributed by atoms with van der Waals surface area (Å²) >= 11 is 0. The van der Waals surface area contributed by atoms with Gasteiger partial charge in [-0.25, -0.2) is 14.4 Å². The van der Waals surface area contributed by atoms with Gasteiger partial charge >= 0.3 is 0 Å². The van der Waals surface area contributed by atoms with Crippen LogP contribution in [0, 0.1) is 18.7 Å². The summed E-state index contributed by atoms with van der Waals surface area (Å²) in [6, 6.07) is 8.21. The number of imidazole rings is 1. The molecule has 0 spiro atoms. The Balaban J connectivity index is 1.24. The minimum Gasteiger partial charge on any atom is -0.316 e. The second kappa shape index (κ2) is 8.70. The quantitative estimate of drug-likeness (QED) is 0.428. The summed E-state index contributed by atoms with van der Waals surface area (Å²) in [5.74, 6) is 0.821. The third-order valence-corrected chi connectivity index (χ3v) is 6.56. The fourth-order valence-corrected chi connectivity index (χ4v) is 4.33. The molecule has 3 aromatic heterocycles. The summed E-state index contributed by atoms with van der Waals surface area (Å²) in [6.07, 6.45) is 7.66. The number of benzene rings is 1. The zero-order valence-corrected chi connectivity index (χ0v) is 19.3. The lowest BCUT2D eigenvalue weighted by molar-refractivity contribution is 0.102. The van der Waals surface area contributed by atoms with E-state index in [1.165, 1.54) is 6.07 Å². The normalized spacial score (nSPS) is 15.7. The van der Waals surface area contributed by atoms with E-state index in [4.69, 9.17) is 0 Å². The highest BCUT2D eigenvalue weighted by Gasteiger charge is 2.26. The van der Waals surface area contributed by atoms with Gasteiger partial charge in [0.2, 0.25) is 0 Å². The Morgan fingerprint density at radius 1 is 1.23 bits per heavy atom. The van der Waals surface area contributed by atoms with E-state index >= 15 is 0 Å². The predicted octanol–water partition coefficient (Wildman–Crippen LogP) is 3.32. The topological polar surface area (TPSA) is 103 Å². The van der Waals surface area contributed by atoms with Crippen molar-refractivity contribution in [2.45, 2.75) is 32.2 Å². The minimum atomic E-state index is -0.587. The highest BCUT2D eigenvalue weighted by atomic mass is 19.1. The second-order valence-electron chi connectivity index (χ2n) is 9.29. The number of halogens is 1. The number of rotatable bonds is 7. The van der Waals surface area contributed by atoms with E-state index in [1.54, 1.807) is 30.9 Å². The molecular weight excluding hydrogens is 447 g/mol. The van der Waals surface area contributed by atoms with Gasteiger partial charge in [-0.1, -0.05) is 6.07 Å². The van der Waals surface area contributed by atoms with Crippen molar-refractivity contribution in [3.63, 3.8) is 0 Å². The Labute approximate surface area is 201 Å². The molecule has 0 radical (unpaired) electrons. The van der Waals surface area contributed by atoms with Crippen molar-refractivity contribution in [3.8, 4) is 17.2 Å². The number of hydrogen-bond acceptors (Lipinski definition) is 6. The number of aryl methyl sites for hydroxylation is 1. The standard InChI is InChI=1S/C25H25FN8O/c1-15-7-19(26)18(8-22(15)33-12-21(28-13-33)17-5-6-17)25(35)31-23-4-2-3-20(30-23)24-32-29-14-34(24)11-16-9-27-10-16/h2-4,7-8,12-14,16-17,27H,5-6,9-11H2,1H3,(H,30,31,35).